The van der Waals surface area contributed by atoms with Crippen molar-refractivity contribution in [1.29, 1.82) is 0 Å². The molecule has 0 saturated heterocycles. The highest BCUT2D eigenvalue weighted by molar-refractivity contribution is 7.14. The number of nitrogens with zero attached hydrogens (tertiary/aromatic N) is 3. The van der Waals surface area contributed by atoms with Crippen molar-refractivity contribution < 1.29 is 5.11 Å². The van der Waals surface area contributed by atoms with Gasteiger partial charge in [-0.05, 0) is 6.92 Å². The zero-order valence-electron chi connectivity index (χ0n) is 7.44. The smallest absolute Gasteiger partial charge is 0.196 e. The van der Waals surface area contributed by atoms with Crippen LogP contribution in [0.25, 0.3) is 5.13 Å². The van der Waals surface area contributed by atoms with Crippen LogP contribution in [-0.4, -0.2) is 19.6 Å². The first-order valence-electron chi connectivity index (χ1n) is 3.98. The third-order valence-electron chi connectivity index (χ3n) is 1.81. The molecule has 0 bridgehead atoms. The Hall–Kier alpha value is -0.910. The quantitative estimate of drug-likeness (QED) is 0.854. The average Bonchev–Trinajstić information content (AvgIpc) is 2.71. The standard InChI is InChI=1S/C8H8ClN3OS/c1-5-10-2-3-12(5)8-11-7(9)6(4-13)14-8/h2-3,13H,4H2,1H3. The molecule has 0 aliphatic heterocycles. The van der Waals surface area contributed by atoms with Crippen molar-refractivity contribution in [1.82, 2.24) is 14.5 Å². The summed E-state index contributed by atoms with van der Waals surface area (Å²) in [4.78, 5) is 8.89. The van der Waals surface area contributed by atoms with E-state index in [9.17, 15) is 0 Å². The summed E-state index contributed by atoms with van der Waals surface area (Å²) in [5.41, 5.74) is 0. The van der Waals surface area contributed by atoms with Crippen LogP contribution < -0.4 is 0 Å². The molecular weight excluding hydrogens is 222 g/mol. The Kier molecular flexibility index (Phi) is 2.54. The van der Waals surface area contributed by atoms with E-state index in [1.807, 2.05) is 17.7 Å². The van der Waals surface area contributed by atoms with Crippen LogP contribution in [0.5, 0.6) is 0 Å². The Balaban J connectivity index is 2.47. The van der Waals surface area contributed by atoms with Gasteiger partial charge < -0.3 is 5.11 Å². The number of imidazole rings is 1. The van der Waals surface area contributed by atoms with Gasteiger partial charge in [-0.2, -0.15) is 0 Å². The number of aliphatic hydroxyl groups is 1. The van der Waals surface area contributed by atoms with Crippen molar-refractivity contribution in [2.24, 2.45) is 0 Å². The third kappa shape index (κ3) is 1.54. The highest BCUT2D eigenvalue weighted by atomic mass is 35.5. The Morgan fingerprint density at radius 1 is 1.64 bits per heavy atom. The van der Waals surface area contributed by atoms with Crippen molar-refractivity contribution in [3.05, 3.63) is 28.2 Å². The van der Waals surface area contributed by atoms with Gasteiger partial charge in [0.1, 0.15) is 11.0 Å². The fourth-order valence-electron chi connectivity index (χ4n) is 1.10. The zero-order valence-corrected chi connectivity index (χ0v) is 9.01. The lowest BCUT2D eigenvalue weighted by atomic mass is 10.6. The molecule has 6 heteroatoms. The Morgan fingerprint density at radius 2 is 2.43 bits per heavy atom. The van der Waals surface area contributed by atoms with Gasteiger partial charge in [0.25, 0.3) is 0 Å². The summed E-state index contributed by atoms with van der Waals surface area (Å²) in [5, 5.41) is 10.1. The van der Waals surface area contributed by atoms with Crippen LogP contribution in [0.4, 0.5) is 0 Å². The van der Waals surface area contributed by atoms with Gasteiger partial charge in [-0.3, -0.25) is 4.57 Å². The minimum atomic E-state index is -0.0791. The van der Waals surface area contributed by atoms with E-state index < -0.39 is 0 Å². The molecule has 0 unspecified atom stereocenters. The lowest BCUT2D eigenvalue weighted by Gasteiger charge is -1.96. The Morgan fingerprint density at radius 3 is 2.93 bits per heavy atom. The van der Waals surface area contributed by atoms with Crippen LogP contribution in [0.15, 0.2) is 12.4 Å². The minimum Gasteiger partial charge on any atom is -0.391 e. The van der Waals surface area contributed by atoms with E-state index in [1.54, 1.807) is 6.20 Å². The number of hydrogen-bond donors (Lipinski definition) is 1. The SMILES string of the molecule is Cc1nccn1-c1nc(Cl)c(CO)s1. The van der Waals surface area contributed by atoms with Gasteiger partial charge in [0.15, 0.2) is 5.13 Å². The van der Waals surface area contributed by atoms with Crippen LogP contribution in [0.1, 0.15) is 10.7 Å². The predicted octanol–water partition coefficient (Wildman–Crippen LogP) is 1.78. The van der Waals surface area contributed by atoms with E-state index in [-0.39, 0.29) is 6.61 Å². The summed E-state index contributed by atoms with van der Waals surface area (Å²) in [6.45, 7) is 1.80. The maximum atomic E-state index is 8.96. The second kappa shape index (κ2) is 3.68. The molecule has 0 aromatic carbocycles. The molecule has 1 N–H and O–H groups in total. The first kappa shape index (κ1) is 9.64. The van der Waals surface area contributed by atoms with Gasteiger partial charge in [0.05, 0.1) is 11.5 Å². The topological polar surface area (TPSA) is 50.9 Å². The van der Waals surface area contributed by atoms with Gasteiger partial charge in [-0.1, -0.05) is 22.9 Å². The molecule has 0 aliphatic carbocycles. The summed E-state index contributed by atoms with van der Waals surface area (Å²) in [5.74, 6) is 0.847. The molecule has 0 amide bonds. The van der Waals surface area contributed by atoms with E-state index in [2.05, 4.69) is 9.97 Å². The predicted molar refractivity (Wildman–Crippen MR) is 54.9 cm³/mol. The van der Waals surface area contributed by atoms with Gasteiger partial charge in [-0.25, -0.2) is 9.97 Å². The van der Waals surface area contributed by atoms with Crippen molar-refractivity contribution in [2.45, 2.75) is 13.5 Å². The lowest BCUT2D eigenvalue weighted by molar-refractivity contribution is 0.285. The summed E-state index contributed by atoms with van der Waals surface area (Å²) in [6, 6.07) is 0. The summed E-state index contributed by atoms with van der Waals surface area (Å²) in [7, 11) is 0. The highest BCUT2D eigenvalue weighted by Crippen LogP contribution is 2.26. The van der Waals surface area contributed by atoms with Crippen molar-refractivity contribution in [3.8, 4) is 5.13 Å². The van der Waals surface area contributed by atoms with Crippen LogP contribution >= 0.6 is 22.9 Å². The third-order valence-corrected chi connectivity index (χ3v) is 3.28. The molecule has 74 valence electrons. The fourth-order valence-corrected chi connectivity index (χ4v) is 2.25. The molecule has 0 spiro atoms. The maximum absolute atomic E-state index is 8.96. The fraction of sp³-hybridized carbons (Fsp3) is 0.250. The summed E-state index contributed by atoms with van der Waals surface area (Å²) < 4.78 is 1.83. The Labute approximate surface area is 89.8 Å². The Bertz CT molecular complexity index is 451. The van der Waals surface area contributed by atoms with Gasteiger partial charge in [0, 0.05) is 12.4 Å². The monoisotopic (exact) mass is 229 g/mol. The second-order valence-corrected chi connectivity index (χ2v) is 4.13. The van der Waals surface area contributed by atoms with Crippen molar-refractivity contribution in [2.75, 3.05) is 0 Å². The van der Waals surface area contributed by atoms with E-state index in [4.69, 9.17) is 16.7 Å². The second-order valence-electron chi connectivity index (χ2n) is 2.71. The first-order chi connectivity index (χ1) is 6.72. The van der Waals surface area contributed by atoms with Crippen molar-refractivity contribution in [3.63, 3.8) is 0 Å². The molecule has 0 saturated carbocycles. The molecular formula is C8H8ClN3OS. The van der Waals surface area contributed by atoms with Gasteiger partial charge in [-0.15, -0.1) is 0 Å². The molecule has 0 atom stereocenters. The zero-order chi connectivity index (χ0) is 10.1. The summed E-state index contributed by atoms with van der Waals surface area (Å²) in [6.07, 6.45) is 3.51. The molecule has 0 fully saturated rings. The van der Waals surface area contributed by atoms with Gasteiger partial charge in [0.2, 0.25) is 0 Å². The number of thiazole rings is 1. The molecule has 0 aliphatic rings. The summed E-state index contributed by atoms with van der Waals surface area (Å²) >= 11 is 7.18. The molecule has 2 aromatic rings. The maximum Gasteiger partial charge on any atom is 0.196 e. The lowest BCUT2D eigenvalue weighted by Crippen LogP contribution is -1.93. The molecule has 0 radical (unpaired) electrons. The first-order valence-corrected chi connectivity index (χ1v) is 5.18. The molecule has 2 aromatic heterocycles. The normalized spacial score (nSPS) is 10.8. The van der Waals surface area contributed by atoms with E-state index >= 15 is 0 Å². The number of aromatic nitrogens is 3. The largest absolute Gasteiger partial charge is 0.391 e. The molecule has 2 rings (SSSR count). The number of rotatable bonds is 2. The molecule has 4 nitrogen and oxygen atoms in total. The van der Waals surface area contributed by atoms with Crippen LogP contribution in [0.3, 0.4) is 0 Å². The van der Waals surface area contributed by atoms with Crippen LogP contribution in [-0.2, 0) is 6.61 Å². The van der Waals surface area contributed by atoms with Crippen LogP contribution in [0.2, 0.25) is 5.15 Å². The van der Waals surface area contributed by atoms with Gasteiger partial charge >= 0.3 is 0 Å². The minimum absolute atomic E-state index is 0.0791. The number of aryl methyl sites for hydroxylation is 1. The highest BCUT2D eigenvalue weighted by Gasteiger charge is 2.10. The number of halogens is 1. The molecule has 14 heavy (non-hydrogen) atoms. The number of aliphatic hydroxyl groups excluding tert-OH is 1. The van der Waals surface area contributed by atoms with Crippen LogP contribution in [0, 0.1) is 6.92 Å². The molecule has 2 heterocycles. The average molecular weight is 230 g/mol. The van der Waals surface area contributed by atoms with E-state index in [0.717, 1.165) is 11.0 Å². The number of hydrogen-bond acceptors (Lipinski definition) is 4. The van der Waals surface area contributed by atoms with E-state index in [1.165, 1.54) is 11.3 Å². The van der Waals surface area contributed by atoms with Crippen molar-refractivity contribution >= 4 is 22.9 Å². The van der Waals surface area contributed by atoms with E-state index in [0.29, 0.717) is 10.0 Å².